The Morgan fingerprint density at radius 3 is 2.50 bits per heavy atom. The van der Waals surface area contributed by atoms with Crippen molar-refractivity contribution in [3.63, 3.8) is 0 Å². The number of rotatable bonds is 9. The number of unbranched alkanes of at least 4 members (excludes halogenated alkanes) is 3. The molecule has 1 heterocycles. The minimum Gasteiger partial charge on any atom is -0.336 e. The van der Waals surface area contributed by atoms with Gasteiger partial charge in [-0.2, -0.15) is 0 Å². The second-order valence-corrected chi connectivity index (χ2v) is 7.10. The average molecular weight is 279 g/mol. The van der Waals surface area contributed by atoms with Crippen LogP contribution in [0.5, 0.6) is 0 Å². The summed E-state index contributed by atoms with van der Waals surface area (Å²) in [7, 11) is 0. The lowest BCUT2D eigenvalue weighted by atomic mass is 9.86. The maximum absolute atomic E-state index is 4.14. The molecule has 0 saturated heterocycles. The molecule has 2 unspecified atom stereocenters. The number of nitrogens with one attached hydrogen (secondary N) is 1. The van der Waals surface area contributed by atoms with Crippen molar-refractivity contribution in [1.82, 2.24) is 14.9 Å². The molecule has 0 aliphatic rings. The van der Waals surface area contributed by atoms with Crippen LogP contribution in [-0.4, -0.2) is 21.6 Å². The number of imidazole rings is 1. The Balaban J connectivity index is 2.44. The zero-order valence-electron chi connectivity index (χ0n) is 14.0. The highest BCUT2D eigenvalue weighted by Crippen LogP contribution is 2.22. The van der Waals surface area contributed by atoms with E-state index in [1.54, 1.807) is 0 Å². The third kappa shape index (κ3) is 6.56. The maximum atomic E-state index is 4.14. The number of nitrogens with zero attached hydrogens (tertiary/aromatic N) is 2. The summed E-state index contributed by atoms with van der Waals surface area (Å²) < 4.78 is 2.17. The highest BCUT2D eigenvalue weighted by Gasteiger charge is 2.25. The molecule has 0 aliphatic heterocycles. The van der Waals surface area contributed by atoms with Crippen molar-refractivity contribution in [2.24, 2.45) is 5.41 Å². The first-order chi connectivity index (χ1) is 9.43. The van der Waals surface area contributed by atoms with Crippen LogP contribution >= 0.6 is 0 Å². The van der Waals surface area contributed by atoms with Crippen LogP contribution in [0.15, 0.2) is 18.7 Å². The fourth-order valence-electron chi connectivity index (χ4n) is 2.49. The molecule has 2 atom stereocenters. The molecule has 3 heteroatoms. The Morgan fingerprint density at radius 1 is 1.20 bits per heavy atom. The van der Waals surface area contributed by atoms with Crippen molar-refractivity contribution in [1.29, 1.82) is 0 Å². The molecule has 116 valence electrons. The molecule has 0 aromatic carbocycles. The molecule has 0 saturated carbocycles. The summed E-state index contributed by atoms with van der Waals surface area (Å²) in [6.45, 7) is 12.5. The van der Waals surface area contributed by atoms with Gasteiger partial charge in [-0.1, -0.05) is 53.4 Å². The molecular formula is C17H33N3. The monoisotopic (exact) mass is 279 g/mol. The normalized spacial score (nSPS) is 15.2. The molecule has 3 nitrogen and oxygen atoms in total. The third-order valence-corrected chi connectivity index (χ3v) is 3.97. The molecule has 0 fully saturated rings. The summed E-state index contributed by atoms with van der Waals surface area (Å²) in [5.41, 5.74) is 0.252. The van der Waals surface area contributed by atoms with Gasteiger partial charge in [0.15, 0.2) is 0 Å². The fraction of sp³-hybridized carbons (Fsp3) is 0.824. The van der Waals surface area contributed by atoms with Gasteiger partial charge in [0, 0.05) is 31.0 Å². The van der Waals surface area contributed by atoms with Crippen LogP contribution in [-0.2, 0) is 6.54 Å². The SMILES string of the molecule is CCCCCCC(C)NC(Cn1ccnc1)C(C)(C)C. The van der Waals surface area contributed by atoms with Gasteiger partial charge in [-0.3, -0.25) is 0 Å². The topological polar surface area (TPSA) is 29.9 Å². The summed E-state index contributed by atoms with van der Waals surface area (Å²) in [6, 6.07) is 1.05. The van der Waals surface area contributed by atoms with E-state index in [2.05, 4.69) is 49.5 Å². The van der Waals surface area contributed by atoms with Gasteiger partial charge in [-0.05, 0) is 18.8 Å². The van der Waals surface area contributed by atoms with Crippen LogP contribution in [0.3, 0.4) is 0 Å². The predicted octanol–water partition coefficient (Wildman–Crippen LogP) is 4.25. The van der Waals surface area contributed by atoms with Crippen molar-refractivity contribution < 1.29 is 0 Å². The molecule has 0 amide bonds. The molecule has 1 N–H and O–H groups in total. The Bertz CT molecular complexity index is 338. The van der Waals surface area contributed by atoms with Crippen LogP contribution in [0.1, 0.15) is 66.7 Å². The predicted molar refractivity (Wildman–Crippen MR) is 86.8 cm³/mol. The molecule has 0 spiro atoms. The highest BCUT2D eigenvalue weighted by molar-refractivity contribution is 4.86. The zero-order valence-corrected chi connectivity index (χ0v) is 14.0. The van der Waals surface area contributed by atoms with Gasteiger partial charge in [0.1, 0.15) is 0 Å². The van der Waals surface area contributed by atoms with Gasteiger partial charge in [-0.15, -0.1) is 0 Å². The van der Waals surface area contributed by atoms with Crippen LogP contribution in [0.4, 0.5) is 0 Å². The Morgan fingerprint density at radius 2 is 1.95 bits per heavy atom. The molecule has 1 rings (SSSR count). The van der Waals surface area contributed by atoms with E-state index >= 15 is 0 Å². The zero-order chi connectivity index (χ0) is 15.0. The minimum atomic E-state index is 0.252. The van der Waals surface area contributed by atoms with E-state index in [0.717, 1.165) is 6.54 Å². The second kappa shape index (κ2) is 8.46. The van der Waals surface area contributed by atoms with Crippen LogP contribution in [0, 0.1) is 5.41 Å². The molecule has 0 radical (unpaired) electrons. The van der Waals surface area contributed by atoms with E-state index in [1.165, 1.54) is 32.1 Å². The molecule has 0 bridgehead atoms. The van der Waals surface area contributed by atoms with E-state index < -0.39 is 0 Å². The van der Waals surface area contributed by atoms with Crippen LogP contribution < -0.4 is 5.32 Å². The standard InChI is InChI=1S/C17H33N3/c1-6-7-8-9-10-15(2)19-16(17(3,4)5)13-20-12-11-18-14-20/h11-12,14-16,19H,6-10,13H2,1-5H3. The summed E-state index contributed by atoms with van der Waals surface area (Å²) in [6.07, 6.45) is 12.5. The molecule has 20 heavy (non-hydrogen) atoms. The first-order valence-electron chi connectivity index (χ1n) is 8.15. The quantitative estimate of drug-likeness (QED) is 0.685. The second-order valence-electron chi connectivity index (χ2n) is 7.10. The lowest BCUT2D eigenvalue weighted by molar-refractivity contribution is 0.220. The smallest absolute Gasteiger partial charge is 0.0946 e. The summed E-state index contributed by atoms with van der Waals surface area (Å²) in [4.78, 5) is 4.14. The first kappa shape index (κ1) is 17.2. The summed E-state index contributed by atoms with van der Waals surface area (Å²) in [5, 5.41) is 3.82. The average Bonchev–Trinajstić information content (AvgIpc) is 2.86. The van der Waals surface area contributed by atoms with Crippen LogP contribution in [0.25, 0.3) is 0 Å². The minimum absolute atomic E-state index is 0.252. The van der Waals surface area contributed by atoms with E-state index in [0.29, 0.717) is 12.1 Å². The first-order valence-corrected chi connectivity index (χ1v) is 8.15. The number of hydrogen-bond acceptors (Lipinski definition) is 2. The lowest BCUT2D eigenvalue weighted by Crippen LogP contribution is -2.47. The van der Waals surface area contributed by atoms with E-state index in [1.807, 2.05) is 18.7 Å². The maximum Gasteiger partial charge on any atom is 0.0946 e. The Kier molecular flexibility index (Phi) is 7.28. The van der Waals surface area contributed by atoms with Crippen molar-refractivity contribution in [2.75, 3.05) is 0 Å². The van der Waals surface area contributed by atoms with Crippen molar-refractivity contribution in [2.45, 2.75) is 85.4 Å². The van der Waals surface area contributed by atoms with Gasteiger partial charge in [-0.25, -0.2) is 4.98 Å². The van der Waals surface area contributed by atoms with Crippen molar-refractivity contribution >= 4 is 0 Å². The molecule has 0 aliphatic carbocycles. The van der Waals surface area contributed by atoms with Crippen LogP contribution in [0.2, 0.25) is 0 Å². The van der Waals surface area contributed by atoms with Gasteiger partial charge in [0.05, 0.1) is 6.33 Å². The van der Waals surface area contributed by atoms with Gasteiger partial charge in [0.2, 0.25) is 0 Å². The number of hydrogen-bond donors (Lipinski definition) is 1. The van der Waals surface area contributed by atoms with Crippen molar-refractivity contribution in [3.8, 4) is 0 Å². The Hall–Kier alpha value is -0.830. The van der Waals surface area contributed by atoms with E-state index in [4.69, 9.17) is 0 Å². The van der Waals surface area contributed by atoms with E-state index in [-0.39, 0.29) is 5.41 Å². The fourth-order valence-corrected chi connectivity index (χ4v) is 2.49. The molecule has 1 aromatic rings. The highest BCUT2D eigenvalue weighted by atomic mass is 15.1. The van der Waals surface area contributed by atoms with E-state index in [9.17, 15) is 0 Å². The van der Waals surface area contributed by atoms with Gasteiger partial charge >= 0.3 is 0 Å². The molecule has 1 aromatic heterocycles. The van der Waals surface area contributed by atoms with Crippen molar-refractivity contribution in [3.05, 3.63) is 18.7 Å². The summed E-state index contributed by atoms with van der Waals surface area (Å²) >= 11 is 0. The Labute approximate surface area is 125 Å². The molecular weight excluding hydrogens is 246 g/mol. The lowest BCUT2D eigenvalue weighted by Gasteiger charge is -2.34. The van der Waals surface area contributed by atoms with Gasteiger partial charge < -0.3 is 9.88 Å². The number of aromatic nitrogens is 2. The largest absolute Gasteiger partial charge is 0.336 e. The van der Waals surface area contributed by atoms with Gasteiger partial charge in [0.25, 0.3) is 0 Å². The third-order valence-electron chi connectivity index (χ3n) is 3.97. The summed E-state index contributed by atoms with van der Waals surface area (Å²) in [5.74, 6) is 0.